The Labute approximate surface area is 176 Å². The lowest BCUT2D eigenvalue weighted by Crippen LogP contribution is -2.12. The molecule has 0 spiro atoms. The fraction of sp³-hybridized carbons (Fsp3) is 0.409. The number of carbonyl (C=O) groups excluding carboxylic acids is 1. The summed E-state index contributed by atoms with van der Waals surface area (Å²) in [6, 6.07) is 6.74. The molecule has 0 saturated heterocycles. The molecule has 2 aromatic rings. The van der Waals surface area contributed by atoms with Gasteiger partial charge in [-0.15, -0.1) is 0 Å². The van der Waals surface area contributed by atoms with E-state index in [0.29, 0.717) is 45.0 Å². The van der Waals surface area contributed by atoms with E-state index in [1.807, 2.05) is 6.92 Å². The highest BCUT2D eigenvalue weighted by atomic mass is 35.5. The van der Waals surface area contributed by atoms with Crippen molar-refractivity contribution in [1.82, 2.24) is 0 Å². The molecule has 0 unspecified atom stereocenters. The van der Waals surface area contributed by atoms with Crippen LogP contribution in [0.3, 0.4) is 0 Å². The summed E-state index contributed by atoms with van der Waals surface area (Å²) in [7, 11) is 3.07. The van der Waals surface area contributed by atoms with Crippen LogP contribution in [-0.2, 0) is 0 Å². The number of hydrogen-bond donors (Lipinski definition) is 0. The number of carbonyl (C=O) groups is 1. The van der Waals surface area contributed by atoms with E-state index in [4.69, 9.17) is 37.4 Å². The maximum absolute atomic E-state index is 13.4. The van der Waals surface area contributed by atoms with Crippen LogP contribution in [-0.4, -0.2) is 26.6 Å². The van der Waals surface area contributed by atoms with Crippen molar-refractivity contribution in [3.63, 3.8) is 0 Å². The summed E-state index contributed by atoms with van der Waals surface area (Å²) in [4.78, 5) is 13.4. The van der Waals surface area contributed by atoms with Crippen LogP contribution >= 0.6 is 23.2 Å². The fourth-order valence-corrected chi connectivity index (χ4v) is 3.62. The highest BCUT2D eigenvalue weighted by Crippen LogP contribution is 2.44. The second kappa shape index (κ2) is 10.6. The minimum atomic E-state index is -0.308. The molecule has 0 aliphatic rings. The van der Waals surface area contributed by atoms with E-state index in [9.17, 15) is 4.79 Å². The molecular weight excluding hydrogens is 399 g/mol. The molecule has 0 radical (unpaired) electrons. The Hall–Kier alpha value is -1.91. The smallest absolute Gasteiger partial charge is 0.204 e. The number of ketones is 1. The van der Waals surface area contributed by atoms with Crippen LogP contribution in [0.25, 0.3) is 0 Å². The molecule has 0 N–H and O–H groups in total. The fourth-order valence-electron chi connectivity index (χ4n) is 3.05. The molecule has 6 heteroatoms. The predicted molar refractivity (Wildman–Crippen MR) is 114 cm³/mol. The Morgan fingerprint density at radius 3 is 2.21 bits per heavy atom. The normalized spacial score (nSPS) is 10.6. The first-order chi connectivity index (χ1) is 13.5. The minimum Gasteiger partial charge on any atom is -0.493 e. The Morgan fingerprint density at radius 1 is 0.964 bits per heavy atom. The van der Waals surface area contributed by atoms with Gasteiger partial charge in [0.1, 0.15) is 0 Å². The number of rotatable bonds is 10. The van der Waals surface area contributed by atoms with Gasteiger partial charge in [0, 0.05) is 0 Å². The summed E-state index contributed by atoms with van der Waals surface area (Å²) in [6.07, 6.45) is 4.21. The molecule has 0 fully saturated rings. The van der Waals surface area contributed by atoms with Crippen molar-refractivity contribution in [1.29, 1.82) is 0 Å². The zero-order chi connectivity index (χ0) is 20.7. The first kappa shape index (κ1) is 22.4. The summed E-state index contributed by atoms with van der Waals surface area (Å²) >= 11 is 12.5. The van der Waals surface area contributed by atoms with Gasteiger partial charge in [-0.1, -0.05) is 55.5 Å². The van der Waals surface area contributed by atoms with Crippen LogP contribution in [0.2, 0.25) is 10.0 Å². The minimum absolute atomic E-state index is 0.247. The second-order valence-corrected chi connectivity index (χ2v) is 7.28. The van der Waals surface area contributed by atoms with Gasteiger partial charge >= 0.3 is 0 Å². The number of halogens is 2. The molecule has 2 aromatic carbocycles. The van der Waals surface area contributed by atoms with Gasteiger partial charge in [-0.05, 0) is 37.1 Å². The number of ether oxygens (including phenoxy) is 3. The molecule has 0 saturated carbocycles. The predicted octanol–water partition coefficient (Wildman–Crippen LogP) is 6.51. The van der Waals surface area contributed by atoms with Crippen LogP contribution < -0.4 is 14.2 Å². The summed E-state index contributed by atoms with van der Waals surface area (Å²) in [5.74, 6) is 0.940. The van der Waals surface area contributed by atoms with E-state index >= 15 is 0 Å². The van der Waals surface area contributed by atoms with E-state index < -0.39 is 0 Å². The average Bonchev–Trinajstić information content (AvgIpc) is 2.67. The van der Waals surface area contributed by atoms with Gasteiger partial charge in [-0.2, -0.15) is 0 Å². The van der Waals surface area contributed by atoms with Crippen LogP contribution in [0.1, 0.15) is 54.1 Å². The van der Waals surface area contributed by atoms with Crippen molar-refractivity contribution >= 4 is 29.0 Å². The number of hydrogen-bond acceptors (Lipinski definition) is 4. The molecule has 28 heavy (non-hydrogen) atoms. The topological polar surface area (TPSA) is 44.8 Å². The zero-order valence-electron chi connectivity index (χ0n) is 16.7. The number of benzene rings is 2. The maximum Gasteiger partial charge on any atom is 0.204 e. The van der Waals surface area contributed by atoms with Crippen molar-refractivity contribution in [2.75, 3.05) is 20.8 Å². The lowest BCUT2D eigenvalue weighted by Gasteiger charge is -2.20. The van der Waals surface area contributed by atoms with Crippen molar-refractivity contribution < 1.29 is 19.0 Å². The van der Waals surface area contributed by atoms with E-state index in [2.05, 4.69) is 6.92 Å². The van der Waals surface area contributed by atoms with Crippen molar-refractivity contribution in [2.45, 2.75) is 39.5 Å². The average molecular weight is 425 g/mol. The molecule has 0 aliphatic heterocycles. The molecule has 2 rings (SSSR count). The van der Waals surface area contributed by atoms with E-state index in [0.717, 1.165) is 25.7 Å². The quantitative estimate of drug-likeness (QED) is 0.322. The largest absolute Gasteiger partial charge is 0.493 e. The first-order valence-electron chi connectivity index (χ1n) is 9.33. The van der Waals surface area contributed by atoms with Gasteiger partial charge < -0.3 is 14.2 Å². The molecule has 0 amide bonds. The molecule has 0 bridgehead atoms. The molecule has 0 aliphatic carbocycles. The third kappa shape index (κ3) is 4.92. The third-order valence-electron chi connectivity index (χ3n) is 4.48. The first-order valence-corrected chi connectivity index (χ1v) is 10.1. The summed E-state index contributed by atoms with van der Waals surface area (Å²) < 4.78 is 17.0. The van der Waals surface area contributed by atoms with E-state index in [-0.39, 0.29) is 11.3 Å². The highest BCUT2D eigenvalue weighted by Gasteiger charge is 2.27. The van der Waals surface area contributed by atoms with E-state index in [1.165, 1.54) is 7.11 Å². The lowest BCUT2D eigenvalue weighted by atomic mass is 9.96. The second-order valence-electron chi connectivity index (χ2n) is 6.47. The van der Waals surface area contributed by atoms with Gasteiger partial charge in [0.15, 0.2) is 17.3 Å². The van der Waals surface area contributed by atoms with Crippen molar-refractivity contribution in [3.05, 3.63) is 51.0 Å². The van der Waals surface area contributed by atoms with Gasteiger partial charge in [0.05, 0.1) is 42.0 Å². The molecule has 152 valence electrons. The molecule has 0 atom stereocenters. The molecule has 0 heterocycles. The zero-order valence-corrected chi connectivity index (χ0v) is 18.2. The Bertz CT molecular complexity index is 814. The van der Waals surface area contributed by atoms with Gasteiger partial charge in [-0.25, -0.2) is 0 Å². The maximum atomic E-state index is 13.4. The van der Waals surface area contributed by atoms with Gasteiger partial charge in [0.25, 0.3) is 0 Å². The Balaban J connectivity index is 2.53. The number of aryl methyl sites for hydroxylation is 1. The monoisotopic (exact) mass is 424 g/mol. The number of unbranched alkanes of at least 4 members (excludes halogenated alkanes) is 3. The van der Waals surface area contributed by atoms with E-state index in [1.54, 1.807) is 31.4 Å². The van der Waals surface area contributed by atoms with Crippen LogP contribution in [0, 0.1) is 6.92 Å². The van der Waals surface area contributed by atoms with Crippen LogP contribution in [0.15, 0.2) is 24.3 Å². The summed E-state index contributed by atoms with van der Waals surface area (Å²) in [5, 5.41) is 0.584. The SMILES string of the molecule is CCCCCCOc1c(OC)c(OC)cc(C)c1C(=O)c1c(Cl)cccc1Cl. The molecular formula is C22H26Cl2O4. The van der Waals surface area contributed by atoms with Gasteiger partial charge in [0.2, 0.25) is 5.75 Å². The molecule has 4 nitrogen and oxygen atoms in total. The van der Waals surface area contributed by atoms with Gasteiger partial charge in [-0.3, -0.25) is 4.79 Å². The molecule has 0 aromatic heterocycles. The standard InChI is InChI=1S/C22H26Cl2O4/c1-5-6-7-8-12-28-22-18(14(2)13-17(26-3)21(22)27-4)20(25)19-15(23)10-9-11-16(19)24/h9-11,13H,5-8,12H2,1-4H3. The van der Waals surface area contributed by atoms with Crippen molar-refractivity contribution in [3.8, 4) is 17.2 Å². The van der Waals surface area contributed by atoms with Crippen LogP contribution in [0.4, 0.5) is 0 Å². The van der Waals surface area contributed by atoms with Crippen molar-refractivity contribution in [2.24, 2.45) is 0 Å². The summed E-state index contributed by atoms with van der Waals surface area (Å²) in [6.45, 7) is 4.45. The van der Waals surface area contributed by atoms with Crippen LogP contribution in [0.5, 0.6) is 17.2 Å². The Kier molecular flexibility index (Phi) is 8.46. The summed E-state index contributed by atoms with van der Waals surface area (Å²) in [5.41, 5.74) is 1.32. The Morgan fingerprint density at radius 2 is 1.64 bits per heavy atom. The lowest BCUT2D eigenvalue weighted by molar-refractivity contribution is 0.103. The third-order valence-corrected chi connectivity index (χ3v) is 5.11. The highest BCUT2D eigenvalue weighted by molar-refractivity contribution is 6.41. The number of methoxy groups -OCH3 is 2.